The maximum absolute atomic E-state index is 4.48. The van der Waals surface area contributed by atoms with E-state index in [9.17, 15) is 0 Å². The molecular formula is C21H41IN6S. The Morgan fingerprint density at radius 3 is 2.55 bits per heavy atom. The van der Waals surface area contributed by atoms with Crippen molar-refractivity contribution in [1.82, 2.24) is 25.4 Å². The average Bonchev–Trinajstić information content (AvgIpc) is 3.30. The molecule has 0 radical (unpaired) electrons. The Hall–Kier alpha value is -0.510. The van der Waals surface area contributed by atoms with Gasteiger partial charge in [-0.1, -0.05) is 45.4 Å². The van der Waals surface area contributed by atoms with Crippen LogP contribution in [0.1, 0.15) is 84.5 Å². The number of aryl methyl sites for hydroxylation is 1. The molecule has 8 heteroatoms. The van der Waals surface area contributed by atoms with Gasteiger partial charge >= 0.3 is 0 Å². The fourth-order valence-electron chi connectivity index (χ4n) is 3.75. The van der Waals surface area contributed by atoms with Crippen molar-refractivity contribution < 1.29 is 0 Å². The van der Waals surface area contributed by atoms with Gasteiger partial charge in [-0.3, -0.25) is 4.99 Å². The summed E-state index contributed by atoms with van der Waals surface area (Å²) in [6.45, 7) is 9.99. The van der Waals surface area contributed by atoms with Crippen LogP contribution in [0.2, 0.25) is 0 Å². The standard InChI is InChI=1S/C21H40N6S.HI/c1-16(13-14-21(2,3)4)24-19(22-5)23-15-9-12-18-25-26-20(28-6)27(18)17-10-7-8-11-17;/h16-17H,7-15H2,1-6H3,(H2,22,23,24);1H. The molecule has 2 N–H and O–H groups in total. The van der Waals surface area contributed by atoms with Gasteiger partial charge in [-0.2, -0.15) is 0 Å². The van der Waals surface area contributed by atoms with Gasteiger partial charge in [-0.05, 0) is 50.7 Å². The van der Waals surface area contributed by atoms with E-state index in [2.05, 4.69) is 64.3 Å². The summed E-state index contributed by atoms with van der Waals surface area (Å²) in [5.74, 6) is 2.03. The van der Waals surface area contributed by atoms with Gasteiger partial charge in [0.15, 0.2) is 11.1 Å². The number of aromatic nitrogens is 3. The predicted octanol–water partition coefficient (Wildman–Crippen LogP) is 5.05. The van der Waals surface area contributed by atoms with E-state index >= 15 is 0 Å². The maximum Gasteiger partial charge on any atom is 0.191 e. The molecule has 1 aliphatic carbocycles. The number of halogens is 1. The van der Waals surface area contributed by atoms with Crippen molar-refractivity contribution >= 4 is 41.7 Å². The molecular weight excluding hydrogens is 495 g/mol. The molecule has 0 saturated heterocycles. The largest absolute Gasteiger partial charge is 0.356 e. The van der Waals surface area contributed by atoms with Gasteiger partial charge in [0.25, 0.3) is 0 Å². The van der Waals surface area contributed by atoms with Crippen LogP contribution < -0.4 is 10.6 Å². The average molecular weight is 537 g/mol. The summed E-state index contributed by atoms with van der Waals surface area (Å²) in [7, 11) is 1.84. The van der Waals surface area contributed by atoms with Crippen LogP contribution in [-0.2, 0) is 6.42 Å². The van der Waals surface area contributed by atoms with Crippen LogP contribution in [0.15, 0.2) is 10.1 Å². The highest BCUT2D eigenvalue weighted by Crippen LogP contribution is 2.33. The lowest BCUT2D eigenvalue weighted by Gasteiger charge is -2.23. The molecule has 1 fully saturated rings. The number of nitrogens with zero attached hydrogens (tertiary/aromatic N) is 4. The van der Waals surface area contributed by atoms with Gasteiger partial charge in [0.05, 0.1) is 0 Å². The second-order valence-corrected chi connectivity index (χ2v) is 9.93. The Morgan fingerprint density at radius 1 is 1.28 bits per heavy atom. The van der Waals surface area contributed by atoms with E-state index in [0.29, 0.717) is 17.5 Å². The Bertz CT molecular complexity index is 619. The first-order chi connectivity index (χ1) is 13.3. The summed E-state index contributed by atoms with van der Waals surface area (Å²) < 4.78 is 2.40. The molecule has 29 heavy (non-hydrogen) atoms. The van der Waals surface area contributed by atoms with Gasteiger partial charge in [-0.25, -0.2) is 0 Å². The number of guanidine groups is 1. The quantitative estimate of drug-likeness (QED) is 0.152. The third kappa shape index (κ3) is 9.02. The highest BCUT2D eigenvalue weighted by Gasteiger charge is 2.23. The van der Waals surface area contributed by atoms with Crippen molar-refractivity contribution in [1.29, 1.82) is 0 Å². The predicted molar refractivity (Wildman–Crippen MR) is 136 cm³/mol. The van der Waals surface area contributed by atoms with Crippen molar-refractivity contribution in [2.24, 2.45) is 10.4 Å². The summed E-state index contributed by atoms with van der Waals surface area (Å²) in [6.07, 6.45) is 11.6. The number of thioether (sulfide) groups is 1. The van der Waals surface area contributed by atoms with Crippen molar-refractivity contribution in [3.63, 3.8) is 0 Å². The van der Waals surface area contributed by atoms with Gasteiger partial charge in [-0.15, -0.1) is 34.2 Å². The summed E-state index contributed by atoms with van der Waals surface area (Å²) >= 11 is 1.71. The molecule has 0 aliphatic heterocycles. The van der Waals surface area contributed by atoms with Crippen LogP contribution in [0.25, 0.3) is 0 Å². The first kappa shape index (κ1) is 26.5. The minimum absolute atomic E-state index is 0. The monoisotopic (exact) mass is 536 g/mol. The molecule has 1 heterocycles. The molecule has 0 spiro atoms. The van der Waals surface area contributed by atoms with Crippen LogP contribution in [-0.4, -0.2) is 46.6 Å². The molecule has 168 valence electrons. The molecule has 1 aliphatic rings. The van der Waals surface area contributed by atoms with E-state index in [1.807, 2.05) is 7.05 Å². The SMILES string of the molecule is CN=C(NCCCc1nnc(SC)n1C1CCCC1)NC(C)CCC(C)(C)C.I. The second kappa shape index (κ2) is 13.0. The van der Waals surface area contributed by atoms with E-state index in [1.54, 1.807) is 11.8 Å². The summed E-state index contributed by atoms with van der Waals surface area (Å²) in [4.78, 5) is 4.37. The molecule has 6 nitrogen and oxygen atoms in total. The van der Waals surface area contributed by atoms with E-state index < -0.39 is 0 Å². The zero-order valence-electron chi connectivity index (χ0n) is 19.1. The zero-order chi connectivity index (χ0) is 20.6. The molecule has 1 saturated carbocycles. The molecule has 0 bridgehead atoms. The van der Waals surface area contributed by atoms with E-state index in [-0.39, 0.29) is 24.0 Å². The fourth-order valence-corrected chi connectivity index (χ4v) is 4.32. The fraction of sp³-hybridized carbons (Fsp3) is 0.857. The molecule has 0 aromatic carbocycles. The van der Waals surface area contributed by atoms with Crippen LogP contribution >= 0.6 is 35.7 Å². The lowest BCUT2D eigenvalue weighted by atomic mass is 9.89. The van der Waals surface area contributed by atoms with E-state index in [0.717, 1.165) is 42.7 Å². The normalized spacial score (nSPS) is 16.6. The van der Waals surface area contributed by atoms with Gasteiger partial charge in [0, 0.05) is 32.1 Å². The molecule has 0 amide bonds. The Balaban J connectivity index is 0.00000420. The second-order valence-electron chi connectivity index (χ2n) is 9.16. The lowest BCUT2D eigenvalue weighted by molar-refractivity contribution is 0.346. The van der Waals surface area contributed by atoms with Crippen LogP contribution in [0.5, 0.6) is 0 Å². The maximum atomic E-state index is 4.48. The zero-order valence-corrected chi connectivity index (χ0v) is 22.3. The lowest BCUT2D eigenvalue weighted by Crippen LogP contribution is -2.42. The third-order valence-electron chi connectivity index (χ3n) is 5.41. The Kier molecular flexibility index (Phi) is 11.9. The van der Waals surface area contributed by atoms with Crippen molar-refractivity contribution in [3.8, 4) is 0 Å². The highest BCUT2D eigenvalue weighted by molar-refractivity contribution is 14.0. The first-order valence-electron chi connectivity index (χ1n) is 10.8. The third-order valence-corrected chi connectivity index (χ3v) is 6.05. The number of rotatable bonds is 9. The van der Waals surface area contributed by atoms with Crippen molar-refractivity contribution in [2.75, 3.05) is 19.8 Å². The minimum atomic E-state index is 0. The van der Waals surface area contributed by atoms with Gasteiger partial charge in [0.1, 0.15) is 5.82 Å². The summed E-state index contributed by atoms with van der Waals surface area (Å²) in [5, 5.41) is 16.9. The van der Waals surface area contributed by atoms with Gasteiger partial charge in [0.2, 0.25) is 0 Å². The van der Waals surface area contributed by atoms with Crippen molar-refractivity contribution in [2.45, 2.75) is 96.3 Å². The van der Waals surface area contributed by atoms with Crippen LogP contribution in [0.4, 0.5) is 0 Å². The summed E-state index contributed by atoms with van der Waals surface area (Å²) in [6, 6.07) is 1.01. The molecule has 1 unspecified atom stereocenters. The number of hydrogen-bond donors (Lipinski definition) is 2. The molecule has 1 atom stereocenters. The summed E-state index contributed by atoms with van der Waals surface area (Å²) in [5.41, 5.74) is 0.373. The topological polar surface area (TPSA) is 67.1 Å². The molecule has 2 rings (SSSR count). The first-order valence-corrected chi connectivity index (χ1v) is 12.0. The van der Waals surface area contributed by atoms with Crippen LogP contribution in [0, 0.1) is 5.41 Å². The van der Waals surface area contributed by atoms with Gasteiger partial charge < -0.3 is 15.2 Å². The Morgan fingerprint density at radius 2 is 1.97 bits per heavy atom. The molecule has 1 aromatic rings. The molecule has 1 aromatic heterocycles. The van der Waals surface area contributed by atoms with E-state index in [1.165, 1.54) is 32.1 Å². The van der Waals surface area contributed by atoms with Crippen LogP contribution in [0.3, 0.4) is 0 Å². The van der Waals surface area contributed by atoms with Crippen molar-refractivity contribution in [3.05, 3.63) is 5.82 Å². The number of hydrogen-bond acceptors (Lipinski definition) is 4. The minimum Gasteiger partial charge on any atom is -0.356 e. The number of aliphatic imine (C=N–C) groups is 1. The Labute approximate surface area is 198 Å². The van der Waals surface area contributed by atoms with E-state index in [4.69, 9.17) is 0 Å². The number of nitrogens with one attached hydrogen (secondary N) is 2. The highest BCUT2D eigenvalue weighted by atomic mass is 127. The smallest absolute Gasteiger partial charge is 0.191 e.